The van der Waals surface area contributed by atoms with E-state index >= 15 is 0 Å². The first-order valence-electron chi connectivity index (χ1n) is 9.49. The standard InChI is InChI=1S/C23H24O4/c24-22-14-19(18-6-2-1-3-7-18)15-27-23-10-9-17(13-21(22)23)5-4-8-20-16-25-11-12-26-20/h1-7,9-10,13,16,19,21,23H,8,11-12,14-15H2/b5-4-. The average Bonchev–Trinajstić information content (AvgIpc) is 2.88. The van der Waals surface area contributed by atoms with E-state index in [9.17, 15) is 4.79 Å². The lowest BCUT2D eigenvalue weighted by Crippen LogP contribution is -2.27. The Bertz CT molecular complexity index is 788. The molecule has 1 fully saturated rings. The smallest absolute Gasteiger partial charge is 0.143 e. The predicted octanol–water partition coefficient (Wildman–Crippen LogP) is 4.08. The number of carbonyl (C=O) groups excluding carboxylic acids is 1. The van der Waals surface area contributed by atoms with Gasteiger partial charge < -0.3 is 14.2 Å². The molecule has 0 spiro atoms. The number of fused-ring (bicyclic) bond motifs is 1. The Morgan fingerprint density at radius 2 is 2.04 bits per heavy atom. The number of hydrogen-bond donors (Lipinski definition) is 0. The molecule has 27 heavy (non-hydrogen) atoms. The van der Waals surface area contributed by atoms with Crippen molar-refractivity contribution in [1.82, 2.24) is 0 Å². The third-order valence-electron chi connectivity index (χ3n) is 5.12. The van der Waals surface area contributed by atoms with E-state index in [4.69, 9.17) is 14.2 Å². The quantitative estimate of drug-likeness (QED) is 0.808. The molecule has 0 N–H and O–H groups in total. The Balaban J connectivity index is 1.42. The second-order valence-corrected chi connectivity index (χ2v) is 7.04. The zero-order valence-electron chi connectivity index (χ0n) is 15.3. The van der Waals surface area contributed by atoms with Gasteiger partial charge in [-0.05, 0) is 11.1 Å². The fourth-order valence-corrected chi connectivity index (χ4v) is 3.66. The number of benzene rings is 1. The minimum Gasteiger partial charge on any atom is -0.494 e. The molecule has 3 aliphatic rings. The molecule has 1 aliphatic carbocycles. The predicted molar refractivity (Wildman–Crippen MR) is 103 cm³/mol. The van der Waals surface area contributed by atoms with Gasteiger partial charge in [0.1, 0.15) is 31.0 Å². The third-order valence-corrected chi connectivity index (χ3v) is 5.12. The molecule has 140 valence electrons. The molecule has 4 heteroatoms. The van der Waals surface area contributed by atoms with E-state index in [0.717, 1.165) is 11.3 Å². The van der Waals surface area contributed by atoms with E-state index in [0.29, 0.717) is 32.7 Å². The Hall–Kier alpha value is -2.59. The molecule has 3 unspecified atom stereocenters. The lowest BCUT2D eigenvalue weighted by atomic mass is 9.85. The molecule has 0 radical (unpaired) electrons. The second kappa shape index (κ2) is 8.40. The topological polar surface area (TPSA) is 44.8 Å². The molecule has 1 saturated heterocycles. The summed E-state index contributed by atoms with van der Waals surface area (Å²) in [5, 5.41) is 0. The highest BCUT2D eigenvalue weighted by Gasteiger charge is 2.33. The van der Waals surface area contributed by atoms with Crippen LogP contribution in [-0.4, -0.2) is 31.7 Å². The summed E-state index contributed by atoms with van der Waals surface area (Å²) in [5.41, 5.74) is 2.20. The van der Waals surface area contributed by atoms with Gasteiger partial charge in [-0.25, -0.2) is 0 Å². The SMILES string of the molecule is O=C1CC(c2ccccc2)COC2C=CC(/C=C\CC3=COCCO3)=CC12. The van der Waals surface area contributed by atoms with Crippen LogP contribution in [-0.2, 0) is 19.0 Å². The summed E-state index contributed by atoms with van der Waals surface area (Å²) in [6, 6.07) is 10.2. The number of allylic oxidation sites excluding steroid dienone is 4. The van der Waals surface area contributed by atoms with Gasteiger partial charge in [-0.3, -0.25) is 4.79 Å². The van der Waals surface area contributed by atoms with Crippen molar-refractivity contribution in [1.29, 1.82) is 0 Å². The Morgan fingerprint density at radius 1 is 1.15 bits per heavy atom. The van der Waals surface area contributed by atoms with Crippen LogP contribution in [0.1, 0.15) is 24.3 Å². The van der Waals surface area contributed by atoms with Gasteiger partial charge in [-0.1, -0.05) is 60.7 Å². The van der Waals surface area contributed by atoms with Crippen molar-refractivity contribution in [2.75, 3.05) is 19.8 Å². The number of Topliss-reactive ketones (excluding diaryl/α,β-unsaturated/α-hetero) is 1. The normalized spacial score (nSPS) is 27.9. The van der Waals surface area contributed by atoms with Gasteiger partial charge >= 0.3 is 0 Å². The molecule has 4 nitrogen and oxygen atoms in total. The highest BCUT2D eigenvalue weighted by Crippen LogP contribution is 2.32. The number of ether oxygens (including phenoxy) is 3. The lowest BCUT2D eigenvalue weighted by Gasteiger charge is -2.22. The maximum absolute atomic E-state index is 12.9. The first-order chi connectivity index (χ1) is 13.3. The van der Waals surface area contributed by atoms with Crippen molar-refractivity contribution < 1.29 is 19.0 Å². The fourth-order valence-electron chi connectivity index (χ4n) is 3.66. The molecular formula is C23H24O4. The summed E-state index contributed by atoms with van der Waals surface area (Å²) in [6.45, 7) is 1.78. The molecule has 2 heterocycles. The van der Waals surface area contributed by atoms with Gasteiger partial charge in [-0.2, -0.15) is 0 Å². The van der Waals surface area contributed by atoms with Crippen LogP contribution in [0.25, 0.3) is 0 Å². The summed E-state index contributed by atoms with van der Waals surface area (Å²) in [7, 11) is 0. The van der Waals surface area contributed by atoms with Gasteiger partial charge in [0, 0.05) is 18.8 Å². The number of ketones is 1. The van der Waals surface area contributed by atoms with Crippen LogP contribution in [0.5, 0.6) is 0 Å². The van der Waals surface area contributed by atoms with Gasteiger partial charge in [0.15, 0.2) is 0 Å². The van der Waals surface area contributed by atoms with E-state index in [-0.39, 0.29) is 23.7 Å². The monoisotopic (exact) mass is 364 g/mol. The van der Waals surface area contributed by atoms with Crippen LogP contribution in [0.4, 0.5) is 0 Å². The summed E-state index contributed by atoms with van der Waals surface area (Å²) < 4.78 is 16.8. The van der Waals surface area contributed by atoms with E-state index < -0.39 is 0 Å². The third kappa shape index (κ3) is 4.40. The maximum Gasteiger partial charge on any atom is 0.143 e. The zero-order chi connectivity index (χ0) is 18.5. The molecule has 0 bridgehead atoms. The van der Waals surface area contributed by atoms with E-state index in [1.807, 2.05) is 48.6 Å². The molecular weight excluding hydrogens is 340 g/mol. The first-order valence-corrected chi connectivity index (χ1v) is 9.49. The number of carbonyl (C=O) groups is 1. The van der Waals surface area contributed by atoms with E-state index in [1.165, 1.54) is 5.56 Å². The zero-order valence-corrected chi connectivity index (χ0v) is 15.3. The molecule has 1 aromatic rings. The minimum atomic E-state index is -0.211. The van der Waals surface area contributed by atoms with Crippen molar-refractivity contribution >= 4 is 5.78 Å². The van der Waals surface area contributed by atoms with Gasteiger partial charge in [-0.15, -0.1) is 0 Å². The highest BCUT2D eigenvalue weighted by atomic mass is 16.6. The van der Waals surface area contributed by atoms with Crippen LogP contribution in [0.3, 0.4) is 0 Å². The van der Waals surface area contributed by atoms with Gasteiger partial charge in [0.05, 0.1) is 18.6 Å². The van der Waals surface area contributed by atoms with Crippen molar-refractivity contribution in [3.05, 3.63) is 83.9 Å². The van der Waals surface area contributed by atoms with Gasteiger partial charge in [0.25, 0.3) is 0 Å². The number of rotatable bonds is 4. The summed E-state index contributed by atoms with van der Waals surface area (Å²) >= 11 is 0. The number of hydrogen-bond acceptors (Lipinski definition) is 4. The minimum absolute atomic E-state index is 0.125. The molecule has 0 saturated carbocycles. The second-order valence-electron chi connectivity index (χ2n) is 7.04. The largest absolute Gasteiger partial charge is 0.494 e. The van der Waals surface area contributed by atoms with Crippen LogP contribution < -0.4 is 0 Å². The highest BCUT2D eigenvalue weighted by molar-refractivity contribution is 5.85. The van der Waals surface area contributed by atoms with Crippen molar-refractivity contribution in [3.63, 3.8) is 0 Å². The lowest BCUT2D eigenvalue weighted by molar-refractivity contribution is -0.122. The van der Waals surface area contributed by atoms with Crippen LogP contribution >= 0.6 is 0 Å². The van der Waals surface area contributed by atoms with Crippen molar-refractivity contribution in [3.8, 4) is 0 Å². The summed E-state index contributed by atoms with van der Waals surface area (Å²) in [5.74, 6) is 0.987. The summed E-state index contributed by atoms with van der Waals surface area (Å²) in [4.78, 5) is 12.9. The fraction of sp³-hybridized carbons (Fsp3) is 0.348. The Kier molecular flexibility index (Phi) is 5.54. The van der Waals surface area contributed by atoms with Crippen molar-refractivity contribution in [2.24, 2.45) is 5.92 Å². The maximum atomic E-state index is 12.9. The van der Waals surface area contributed by atoms with Crippen molar-refractivity contribution in [2.45, 2.75) is 24.9 Å². The molecule has 0 aromatic heterocycles. The Morgan fingerprint density at radius 3 is 2.85 bits per heavy atom. The van der Waals surface area contributed by atoms with Crippen LogP contribution in [0.15, 0.2) is 78.3 Å². The Labute approximate surface area is 159 Å². The average molecular weight is 364 g/mol. The van der Waals surface area contributed by atoms with E-state index in [1.54, 1.807) is 6.26 Å². The van der Waals surface area contributed by atoms with E-state index in [2.05, 4.69) is 12.1 Å². The molecule has 3 atom stereocenters. The molecule has 0 amide bonds. The summed E-state index contributed by atoms with van der Waals surface area (Å²) in [6.07, 6.45) is 12.8. The first kappa shape index (κ1) is 17.8. The van der Waals surface area contributed by atoms with Crippen LogP contribution in [0, 0.1) is 5.92 Å². The molecule has 2 aliphatic heterocycles. The molecule has 4 rings (SSSR count). The van der Waals surface area contributed by atoms with Gasteiger partial charge in [0.2, 0.25) is 0 Å². The van der Waals surface area contributed by atoms with Crippen LogP contribution in [0.2, 0.25) is 0 Å². The molecule has 1 aromatic carbocycles.